The minimum atomic E-state index is 0.715. The molecule has 0 aliphatic rings. The Kier molecular flexibility index (Phi) is 7.14. The summed E-state index contributed by atoms with van der Waals surface area (Å²) in [4.78, 5) is 15.6. The van der Waals surface area contributed by atoms with E-state index in [9.17, 15) is 0 Å². The van der Waals surface area contributed by atoms with Gasteiger partial charge >= 0.3 is 0 Å². The molecule has 0 radical (unpaired) electrons. The zero-order valence-electron chi connectivity index (χ0n) is 29.8. The van der Waals surface area contributed by atoms with E-state index in [0.29, 0.717) is 5.82 Å². The smallest absolute Gasteiger partial charge is 0.160 e. The molecule has 3 heterocycles. The highest BCUT2D eigenvalue weighted by Crippen LogP contribution is 2.41. The Morgan fingerprint density at radius 1 is 0.327 bits per heavy atom. The van der Waals surface area contributed by atoms with Crippen LogP contribution in [0.2, 0.25) is 0 Å². The lowest BCUT2D eigenvalue weighted by Gasteiger charge is -2.13. The van der Waals surface area contributed by atoms with Gasteiger partial charge in [-0.2, -0.15) is 0 Å². The first kappa shape index (κ1) is 31.1. The highest BCUT2D eigenvalue weighted by atomic mass is 15.0. The molecule has 0 fully saturated rings. The molecule has 0 aliphatic carbocycles. The maximum Gasteiger partial charge on any atom is 0.160 e. The van der Waals surface area contributed by atoms with Crippen LogP contribution in [0.15, 0.2) is 194 Å². The van der Waals surface area contributed by atoms with Crippen LogP contribution in [0.1, 0.15) is 0 Å². The summed E-state index contributed by atoms with van der Waals surface area (Å²) in [5.41, 5.74) is 12.7. The van der Waals surface area contributed by atoms with Crippen molar-refractivity contribution < 1.29 is 0 Å². The van der Waals surface area contributed by atoms with Crippen LogP contribution in [0.5, 0.6) is 0 Å². The zero-order valence-corrected chi connectivity index (χ0v) is 29.8. The Balaban J connectivity index is 1.09. The lowest BCUT2D eigenvalue weighted by Crippen LogP contribution is -1.96. The Labute approximate surface area is 317 Å². The van der Waals surface area contributed by atoms with E-state index in [-0.39, 0.29) is 0 Å². The Morgan fingerprint density at radius 3 is 1.62 bits per heavy atom. The van der Waals surface area contributed by atoms with Crippen LogP contribution in [0.3, 0.4) is 0 Å². The molecule has 11 rings (SSSR count). The third-order valence-corrected chi connectivity index (χ3v) is 10.8. The first-order valence-corrected chi connectivity index (χ1v) is 18.6. The van der Waals surface area contributed by atoms with E-state index < -0.39 is 0 Å². The van der Waals surface area contributed by atoms with E-state index >= 15 is 0 Å². The number of hydrogen-bond donors (Lipinski definition) is 0. The van der Waals surface area contributed by atoms with Gasteiger partial charge in [0.05, 0.1) is 33.5 Å². The quantitative estimate of drug-likeness (QED) is 0.168. The third-order valence-electron chi connectivity index (χ3n) is 10.8. The van der Waals surface area contributed by atoms with Gasteiger partial charge in [-0.1, -0.05) is 164 Å². The summed E-state index contributed by atoms with van der Waals surface area (Å²) >= 11 is 0. The molecule has 0 bridgehead atoms. The van der Waals surface area contributed by atoms with Crippen molar-refractivity contribution in [2.24, 2.45) is 0 Å². The number of fused-ring (bicyclic) bond motifs is 8. The maximum atomic E-state index is 5.51. The lowest BCUT2D eigenvalue weighted by molar-refractivity contribution is 1.18. The van der Waals surface area contributed by atoms with Gasteiger partial charge in [-0.15, -0.1) is 0 Å². The fourth-order valence-electron chi connectivity index (χ4n) is 8.19. The molecular formula is C51H32N4. The maximum absolute atomic E-state index is 5.51. The molecule has 3 aromatic heterocycles. The van der Waals surface area contributed by atoms with Crippen LogP contribution in [0, 0.1) is 0 Å². The van der Waals surface area contributed by atoms with Crippen molar-refractivity contribution in [1.82, 2.24) is 19.5 Å². The molecule has 0 saturated carbocycles. The van der Waals surface area contributed by atoms with Crippen LogP contribution in [-0.2, 0) is 0 Å². The van der Waals surface area contributed by atoms with Crippen molar-refractivity contribution in [2.75, 3.05) is 0 Å². The molecule has 0 aliphatic heterocycles. The number of para-hydroxylation sites is 2. The predicted octanol–water partition coefficient (Wildman–Crippen LogP) is 13.1. The molecule has 0 saturated heterocycles. The first-order chi connectivity index (χ1) is 27.3. The molecule has 55 heavy (non-hydrogen) atoms. The summed E-state index contributed by atoms with van der Waals surface area (Å²) in [6.07, 6.45) is 0. The summed E-state index contributed by atoms with van der Waals surface area (Å²) in [6, 6.07) is 68.4. The third kappa shape index (κ3) is 5.11. The molecule has 0 N–H and O–H groups in total. The van der Waals surface area contributed by atoms with Gasteiger partial charge in [0.2, 0.25) is 0 Å². The Bertz CT molecular complexity index is 3220. The summed E-state index contributed by atoms with van der Waals surface area (Å²) < 4.78 is 2.39. The van der Waals surface area contributed by atoms with Crippen LogP contribution >= 0.6 is 0 Å². The topological polar surface area (TPSA) is 43.6 Å². The van der Waals surface area contributed by atoms with E-state index in [1.807, 2.05) is 18.2 Å². The second kappa shape index (κ2) is 12.6. The highest BCUT2D eigenvalue weighted by molar-refractivity contribution is 6.23. The molecule has 0 atom stereocenters. The van der Waals surface area contributed by atoms with E-state index in [1.54, 1.807) is 0 Å². The lowest BCUT2D eigenvalue weighted by atomic mass is 9.98. The van der Waals surface area contributed by atoms with Gasteiger partial charge in [-0.3, -0.25) is 0 Å². The summed E-state index contributed by atoms with van der Waals surface area (Å²) in [7, 11) is 0. The van der Waals surface area contributed by atoms with Crippen LogP contribution in [0.25, 0.3) is 105 Å². The van der Waals surface area contributed by atoms with Crippen LogP contribution in [0.4, 0.5) is 0 Å². The van der Waals surface area contributed by atoms with E-state index in [4.69, 9.17) is 15.0 Å². The molecule has 0 unspecified atom stereocenters. The minimum Gasteiger partial charge on any atom is -0.307 e. The van der Waals surface area contributed by atoms with Crippen molar-refractivity contribution in [2.45, 2.75) is 0 Å². The zero-order chi connectivity index (χ0) is 36.3. The van der Waals surface area contributed by atoms with E-state index in [1.165, 1.54) is 16.2 Å². The second-order valence-electron chi connectivity index (χ2n) is 14.0. The van der Waals surface area contributed by atoms with Crippen molar-refractivity contribution >= 4 is 54.4 Å². The van der Waals surface area contributed by atoms with Gasteiger partial charge in [0.15, 0.2) is 5.82 Å². The SMILES string of the molecule is c1ccc(-c2nc(-c3ccc(-c4ccc5c(c4)c4ccc6c7ccccc7c(-c7ccccc7)nc6c4n5-c4ccccc4)cc3)nc3ccccc23)cc1. The van der Waals surface area contributed by atoms with Gasteiger partial charge < -0.3 is 4.57 Å². The fourth-order valence-corrected chi connectivity index (χ4v) is 8.19. The van der Waals surface area contributed by atoms with Gasteiger partial charge in [-0.25, -0.2) is 15.0 Å². The Hall–Kier alpha value is -7.43. The molecule has 256 valence electrons. The van der Waals surface area contributed by atoms with E-state index in [0.717, 1.165) is 83.1 Å². The number of benzene rings is 8. The van der Waals surface area contributed by atoms with Crippen molar-refractivity contribution in [3.05, 3.63) is 194 Å². The highest BCUT2D eigenvalue weighted by Gasteiger charge is 2.20. The predicted molar refractivity (Wildman–Crippen MR) is 228 cm³/mol. The molecule has 4 nitrogen and oxygen atoms in total. The Morgan fingerprint density at radius 2 is 0.891 bits per heavy atom. The monoisotopic (exact) mass is 700 g/mol. The first-order valence-electron chi connectivity index (χ1n) is 18.6. The number of hydrogen-bond acceptors (Lipinski definition) is 3. The molecular weight excluding hydrogens is 669 g/mol. The largest absolute Gasteiger partial charge is 0.307 e. The number of pyridine rings is 1. The molecule has 11 aromatic rings. The van der Waals surface area contributed by atoms with E-state index in [2.05, 4.69) is 180 Å². The number of nitrogens with zero attached hydrogens (tertiary/aromatic N) is 4. The van der Waals surface area contributed by atoms with Crippen molar-refractivity contribution in [3.8, 4) is 50.7 Å². The molecule has 8 aromatic carbocycles. The van der Waals surface area contributed by atoms with Gasteiger partial charge in [0.1, 0.15) is 0 Å². The van der Waals surface area contributed by atoms with Gasteiger partial charge in [-0.05, 0) is 46.8 Å². The van der Waals surface area contributed by atoms with Crippen LogP contribution in [-0.4, -0.2) is 19.5 Å². The molecule has 0 spiro atoms. The van der Waals surface area contributed by atoms with Crippen molar-refractivity contribution in [3.63, 3.8) is 0 Å². The fraction of sp³-hybridized carbons (Fsp3) is 0. The summed E-state index contributed by atoms with van der Waals surface area (Å²) in [6.45, 7) is 0. The standard InChI is InChI=1S/C51H32N4/c1-4-14-34(15-5-1)47-40-21-11-10-20-39(40)41-29-30-42-44-32-37(28-31-46(44)55(50(42)49(41)53-47)38-18-8-3-9-19-38)33-24-26-36(27-25-33)51-52-45-23-13-12-22-43(45)48(54-51)35-16-6-2-7-17-35/h1-32H. The average molecular weight is 701 g/mol. The minimum absolute atomic E-state index is 0.715. The molecule has 0 amide bonds. The normalized spacial score (nSPS) is 11.6. The van der Waals surface area contributed by atoms with Gasteiger partial charge in [0.25, 0.3) is 0 Å². The number of rotatable bonds is 5. The van der Waals surface area contributed by atoms with Crippen LogP contribution < -0.4 is 0 Å². The second-order valence-corrected chi connectivity index (χ2v) is 14.0. The summed E-state index contributed by atoms with van der Waals surface area (Å²) in [5.74, 6) is 0.715. The summed E-state index contributed by atoms with van der Waals surface area (Å²) in [5, 5.41) is 6.90. The van der Waals surface area contributed by atoms with Gasteiger partial charge in [0, 0.05) is 49.3 Å². The molecule has 4 heteroatoms. The van der Waals surface area contributed by atoms with Crippen molar-refractivity contribution in [1.29, 1.82) is 0 Å². The number of aromatic nitrogens is 4. The average Bonchev–Trinajstić information content (AvgIpc) is 3.61.